The Morgan fingerprint density at radius 2 is 1.55 bits per heavy atom. The third-order valence-corrected chi connectivity index (χ3v) is 5.18. The molecule has 33 heavy (non-hydrogen) atoms. The van der Waals surface area contributed by atoms with Crippen molar-refractivity contribution in [2.45, 2.75) is 19.5 Å². The van der Waals surface area contributed by atoms with Gasteiger partial charge in [0.1, 0.15) is 5.75 Å². The van der Waals surface area contributed by atoms with Gasteiger partial charge in [-0.1, -0.05) is 12.1 Å². The number of benzene rings is 2. The van der Waals surface area contributed by atoms with Crippen LogP contribution in [-0.2, 0) is 13.1 Å². The lowest BCUT2D eigenvalue weighted by Gasteiger charge is -2.33. The highest BCUT2D eigenvalue weighted by Gasteiger charge is 2.31. The number of hydrogen-bond donors (Lipinski definition) is 0. The number of nitro groups is 1. The van der Waals surface area contributed by atoms with E-state index in [2.05, 4.69) is 24.7 Å². The summed E-state index contributed by atoms with van der Waals surface area (Å²) >= 11 is 0. The molecule has 1 fully saturated rings. The molecule has 3 aromatic rings. The standard InChI is InChI=1S/C21H20F3N5O4/c22-21(23,24)33-18-7-1-15(2-8-18)13-27-9-11-28(12-10-27)14-19-25-26-20(32-19)16-3-5-17(6-4-16)29(30)31/h1-8H,9-14H2. The highest BCUT2D eigenvalue weighted by Crippen LogP contribution is 2.24. The van der Waals surface area contributed by atoms with Gasteiger partial charge in [0.25, 0.3) is 5.69 Å². The third kappa shape index (κ3) is 6.26. The Kier molecular flexibility index (Phi) is 6.56. The molecule has 0 atom stereocenters. The molecule has 0 amide bonds. The van der Waals surface area contributed by atoms with E-state index in [9.17, 15) is 23.3 Å². The van der Waals surface area contributed by atoms with Gasteiger partial charge < -0.3 is 9.15 Å². The average Bonchev–Trinajstić information content (AvgIpc) is 3.24. The summed E-state index contributed by atoms with van der Waals surface area (Å²) in [5.41, 5.74) is 1.50. The molecule has 2 heterocycles. The van der Waals surface area contributed by atoms with Gasteiger partial charge in [-0.15, -0.1) is 23.4 Å². The van der Waals surface area contributed by atoms with Crippen LogP contribution in [0.4, 0.5) is 18.9 Å². The SMILES string of the molecule is O=[N+]([O-])c1ccc(-c2nnc(CN3CCN(Cc4ccc(OC(F)(F)F)cc4)CC3)o2)cc1. The van der Waals surface area contributed by atoms with Crippen molar-refractivity contribution in [2.24, 2.45) is 0 Å². The zero-order chi connectivity index (χ0) is 23.4. The number of aromatic nitrogens is 2. The molecule has 9 nitrogen and oxygen atoms in total. The lowest BCUT2D eigenvalue weighted by Crippen LogP contribution is -2.45. The van der Waals surface area contributed by atoms with Crippen LogP contribution >= 0.6 is 0 Å². The molecule has 1 saturated heterocycles. The fourth-order valence-corrected chi connectivity index (χ4v) is 3.51. The number of hydrogen-bond acceptors (Lipinski definition) is 8. The predicted molar refractivity (Wildman–Crippen MR) is 110 cm³/mol. The molecular formula is C21H20F3N5O4. The van der Waals surface area contributed by atoms with Gasteiger partial charge in [-0.05, 0) is 29.8 Å². The van der Waals surface area contributed by atoms with Crippen molar-refractivity contribution in [2.75, 3.05) is 26.2 Å². The summed E-state index contributed by atoms with van der Waals surface area (Å²) in [6, 6.07) is 11.8. The maximum absolute atomic E-state index is 12.3. The summed E-state index contributed by atoms with van der Waals surface area (Å²) < 4.78 is 46.4. The fourth-order valence-electron chi connectivity index (χ4n) is 3.51. The minimum Gasteiger partial charge on any atom is -0.419 e. The van der Waals surface area contributed by atoms with Gasteiger partial charge in [-0.25, -0.2) is 0 Å². The first kappa shape index (κ1) is 22.7. The van der Waals surface area contributed by atoms with Gasteiger partial charge in [-0.2, -0.15) is 0 Å². The Hall–Kier alpha value is -3.51. The molecule has 1 aromatic heterocycles. The Morgan fingerprint density at radius 3 is 2.12 bits per heavy atom. The number of rotatable bonds is 7. The van der Waals surface area contributed by atoms with Crippen molar-refractivity contribution in [3.63, 3.8) is 0 Å². The highest BCUT2D eigenvalue weighted by atomic mass is 19.4. The molecule has 0 N–H and O–H groups in total. The topological polar surface area (TPSA) is 97.8 Å². The van der Waals surface area contributed by atoms with Crippen molar-refractivity contribution in [1.82, 2.24) is 20.0 Å². The lowest BCUT2D eigenvalue weighted by atomic mass is 10.2. The smallest absolute Gasteiger partial charge is 0.419 e. The maximum Gasteiger partial charge on any atom is 0.573 e. The number of ether oxygens (including phenoxy) is 1. The molecular weight excluding hydrogens is 443 g/mol. The number of nitro benzene ring substituents is 1. The molecule has 0 spiro atoms. The normalized spacial score (nSPS) is 15.5. The quantitative estimate of drug-likeness (QED) is 0.385. The highest BCUT2D eigenvalue weighted by molar-refractivity contribution is 5.55. The molecule has 12 heteroatoms. The maximum atomic E-state index is 12.3. The number of halogens is 3. The summed E-state index contributed by atoms with van der Waals surface area (Å²) in [5.74, 6) is 0.525. The molecule has 0 bridgehead atoms. The van der Waals surface area contributed by atoms with Gasteiger partial charge in [0, 0.05) is 50.4 Å². The second-order valence-corrected chi connectivity index (χ2v) is 7.55. The Morgan fingerprint density at radius 1 is 0.939 bits per heavy atom. The summed E-state index contributed by atoms with van der Waals surface area (Å²) in [6.45, 7) is 4.21. The zero-order valence-electron chi connectivity index (χ0n) is 17.4. The second-order valence-electron chi connectivity index (χ2n) is 7.55. The van der Waals surface area contributed by atoms with E-state index < -0.39 is 11.3 Å². The van der Waals surface area contributed by atoms with E-state index >= 15 is 0 Å². The average molecular weight is 463 g/mol. The molecule has 4 rings (SSSR count). The first-order chi connectivity index (χ1) is 15.7. The number of nitrogens with zero attached hydrogens (tertiary/aromatic N) is 5. The summed E-state index contributed by atoms with van der Waals surface area (Å²) in [5, 5.41) is 18.9. The van der Waals surface area contributed by atoms with E-state index in [-0.39, 0.29) is 11.4 Å². The first-order valence-corrected chi connectivity index (χ1v) is 10.1. The zero-order valence-corrected chi connectivity index (χ0v) is 17.4. The first-order valence-electron chi connectivity index (χ1n) is 10.1. The largest absolute Gasteiger partial charge is 0.573 e. The van der Waals surface area contributed by atoms with Crippen LogP contribution in [0, 0.1) is 10.1 Å². The fraction of sp³-hybridized carbons (Fsp3) is 0.333. The van der Waals surface area contributed by atoms with Gasteiger partial charge in [0.05, 0.1) is 11.5 Å². The van der Waals surface area contributed by atoms with E-state index in [4.69, 9.17) is 4.42 Å². The summed E-state index contributed by atoms with van der Waals surface area (Å²) in [6.07, 6.45) is -4.70. The molecule has 0 saturated carbocycles. The van der Waals surface area contributed by atoms with E-state index in [1.165, 1.54) is 24.3 Å². The van der Waals surface area contributed by atoms with Gasteiger partial charge in [-0.3, -0.25) is 19.9 Å². The van der Waals surface area contributed by atoms with Crippen LogP contribution in [0.5, 0.6) is 5.75 Å². The monoisotopic (exact) mass is 463 g/mol. The predicted octanol–water partition coefficient (Wildman–Crippen LogP) is 3.86. The molecule has 2 aromatic carbocycles. The van der Waals surface area contributed by atoms with Gasteiger partial charge in [0.2, 0.25) is 11.8 Å². The van der Waals surface area contributed by atoms with Crippen LogP contribution in [0.15, 0.2) is 52.9 Å². The van der Waals surface area contributed by atoms with Crippen molar-refractivity contribution in [1.29, 1.82) is 0 Å². The number of non-ortho nitro benzene ring substituents is 1. The Balaban J connectivity index is 1.25. The van der Waals surface area contributed by atoms with Crippen molar-refractivity contribution < 1.29 is 27.2 Å². The molecule has 0 radical (unpaired) electrons. The van der Waals surface area contributed by atoms with E-state index in [0.29, 0.717) is 30.4 Å². The van der Waals surface area contributed by atoms with E-state index in [1.807, 2.05) is 0 Å². The van der Waals surface area contributed by atoms with Gasteiger partial charge >= 0.3 is 6.36 Å². The Labute approximate surface area is 186 Å². The van der Waals surface area contributed by atoms with Crippen molar-refractivity contribution >= 4 is 5.69 Å². The molecule has 0 aliphatic carbocycles. The number of piperazine rings is 1. The van der Waals surface area contributed by atoms with E-state index in [1.54, 1.807) is 24.3 Å². The van der Waals surface area contributed by atoms with Gasteiger partial charge in [0.15, 0.2) is 0 Å². The molecule has 1 aliphatic heterocycles. The summed E-state index contributed by atoms with van der Waals surface area (Å²) in [4.78, 5) is 14.7. The van der Waals surface area contributed by atoms with E-state index in [0.717, 1.165) is 31.7 Å². The minimum atomic E-state index is -4.70. The Bertz CT molecular complexity index is 1080. The minimum absolute atomic E-state index is 0.0121. The number of alkyl halides is 3. The summed E-state index contributed by atoms with van der Waals surface area (Å²) in [7, 11) is 0. The third-order valence-electron chi connectivity index (χ3n) is 5.18. The lowest BCUT2D eigenvalue weighted by molar-refractivity contribution is -0.384. The molecule has 1 aliphatic rings. The van der Waals surface area contributed by atoms with Crippen molar-refractivity contribution in [3.8, 4) is 17.2 Å². The van der Waals surface area contributed by atoms with Crippen LogP contribution < -0.4 is 4.74 Å². The second kappa shape index (κ2) is 9.55. The van der Waals surface area contributed by atoms with Crippen LogP contribution in [0.25, 0.3) is 11.5 Å². The van der Waals surface area contributed by atoms with Crippen LogP contribution in [-0.4, -0.2) is 57.5 Å². The van der Waals surface area contributed by atoms with Crippen LogP contribution in [0.2, 0.25) is 0 Å². The molecule has 0 unspecified atom stereocenters. The van der Waals surface area contributed by atoms with Crippen LogP contribution in [0.3, 0.4) is 0 Å². The van der Waals surface area contributed by atoms with Crippen LogP contribution in [0.1, 0.15) is 11.5 Å². The molecule has 174 valence electrons. The van der Waals surface area contributed by atoms with Crippen molar-refractivity contribution in [3.05, 3.63) is 70.1 Å².